The van der Waals surface area contributed by atoms with Crippen LogP contribution in [0.25, 0.3) is 0 Å². The van der Waals surface area contributed by atoms with Crippen LogP contribution in [-0.2, 0) is 4.79 Å². The topological polar surface area (TPSA) is 52.7 Å². The highest BCUT2D eigenvalue weighted by Crippen LogP contribution is 2.44. The summed E-state index contributed by atoms with van der Waals surface area (Å²) in [6.45, 7) is 9.77. The fourth-order valence-electron chi connectivity index (χ4n) is 5.17. The minimum atomic E-state index is -0.403. The number of benzene rings is 1. The van der Waals surface area contributed by atoms with Crippen LogP contribution in [0.5, 0.6) is 0 Å². The Hall–Kier alpha value is -2.18. The lowest BCUT2D eigenvalue weighted by molar-refractivity contribution is -0.124. The van der Waals surface area contributed by atoms with E-state index in [-0.39, 0.29) is 17.9 Å². The second-order valence-electron chi connectivity index (χ2n) is 9.55. The van der Waals surface area contributed by atoms with Crippen molar-refractivity contribution in [3.63, 3.8) is 0 Å². The first-order chi connectivity index (χ1) is 15.5. The third-order valence-electron chi connectivity index (χ3n) is 6.76. The molecule has 172 valence electrons. The molecule has 1 aromatic carbocycles. The van der Waals surface area contributed by atoms with Gasteiger partial charge in [0.1, 0.15) is 0 Å². The highest BCUT2D eigenvalue weighted by molar-refractivity contribution is 7.10. The van der Waals surface area contributed by atoms with Crippen LogP contribution >= 0.6 is 11.3 Å². The van der Waals surface area contributed by atoms with Crippen molar-refractivity contribution in [2.24, 2.45) is 5.92 Å². The average molecular weight is 454 g/mol. The Kier molecular flexibility index (Phi) is 7.31. The molecular formula is C26H35N3O2S. The van der Waals surface area contributed by atoms with Crippen LogP contribution in [0.1, 0.15) is 72.8 Å². The number of fused-ring (bicyclic) bond motifs is 1. The minimum absolute atomic E-state index is 0.0155. The quantitative estimate of drug-likeness (QED) is 0.663. The molecule has 5 nitrogen and oxygen atoms in total. The summed E-state index contributed by atoms with van der Waals surface area (Å²) < 4.78 is 0. The molecule has 2 aliphatic rings. The van der Waals surface area contributed by atoms with Crippen LogP contribution < -0.4 is 5.32 Å². The van der Waals surface area contributed by atoms with E-state index in [1.165, 1.54) is 19.3 Å². The summed E-state index contributed by atoms with van der Waals surface area (Å²) in [6, 6.07) is 12.0. The largest absolute Gasteiger partial charge is 0.354 e. The number of nitrogens with one attached hydrogen (secondary N) is 1. The van der Waals surface area contributed by atoms with Crippen molar-refractivity contribution in [2.45, 2.75) is 58.0 Å². The summed E-state index contributed by atoms with van der Waals surface area (Å²) in [6.07, 6.45) is 3.77. The number of nitrogens with zero attached hydrogens (tertiary/aromatic N) is 2. The maximum atomic E-state index is 13.7. The van der Waals surface area contributed by atoms with Crippen LogP contribution in [0.3, 0.4) is 0 Å². The van der Waals surface area contributed by atoms with Gasteiger partial charge in [0.25, 0.3) is 5.91 Å². The molecule has 6 heteroatoms. The van der Waals surface area contributed by atoms with Gasteiger partial charge < -0.3 is 10.2 Å². The van der Waals surface area contributed by atoms with Crippen LogP contribution in [0.2, 0.25) is 0 Å². The Bertz CT molecular complexity index is 927. The first-order valence-corrected chi connectivity index (χ1v) is 12.8. The number of thiophene rings is 1. The summed E-state index contributed by atoms with van der Waals surface area (Å²) >= 11 is 1.62. The van der Waals surface area contributed by atoms with E-state index in [1.54, 1.807) is 11.3 Å². The van der Waals surface area contributed by atoms with Gasteiger partial charge in [-0.1, -0.05) is 44.5 Å². The third-order valence-corrected chi connectivity index (χ3v) is 7.70. The molecule has 0 spiro atoms. The Balaban J connectivity index is 1.61. The molecular weight excluding hydrogens is 418 g/mol. The molecule has 0 unspecified atom stereocenters. The molecule has 3 atom stereocenters. The molecule has 1 fully saturated rings. The Morgan fingerprint density at radius 1 is 1.19 bits per heavy atom. The Morgan fingerprint density at radius 3 is 2.72 bits per heavy atom. The fourth-order valence-corrected chi connectivity index (χ4v) is 6.04. The van der Waals surface area contributed by atoms with Gasteiger partial charge in [0.05, 0.1) is 12.0 Å². The van der Waals surface area contributed by atoms with Crippen LogP contribution in [0.15, 0.2) is 41.8 Å². The average Bonchev–Trinajstić information content (AvgIpc) is 3.31. The summed E-state index contributed by atoms with van der Waals surface area (Å²) in [5.41, 5.74) is 1.51. The predicted octanol–water partition coefficient (Wildman–Crippen LogP) is 4.68. The van der Waals surface area contributed by atoms with E-state index >= 15 is 0 Å². The number of piperidine rings is 1. The smallest absolute Gasteiger partial charge is 0.254 e. The molecule has 0 radical (unpaired) electrons. The van der Waals surface area contributed by atoms with Gasteiger partial charge in [-0.3, -0.25) is 14.5 Å². The fraction of sp³-hybridized carbons (Fsp3) is 0.538. The van der Waals surface area contributed by atoms with E-state index in [0.717, 1.165) is 23.5 Å². The van der Waals surface area contributed by atoms with Gasteiger partial charge >= 0.3 is 0 Å². The molecule has 32 heavy (non-hydrogen) atoms. The number of rotatable bonds is 7. The normalized spacial score (nSPS) is 23.9. The summed E-state index contributed by atoms with van der Waals surface area (Å²) in [7, 11) is 0. The highest BCUT2D eigenvalue weighted by atomic mass is 32.1. The van der Waals surface area contributed by atoms with Gasteiger partial charge in [-0.2, -0.15) is 0 Å². The molecule has 1 aromatic heterocycles. The molecule has 1 saturated heterocycles. The van der Waals surface area contributed by atoms with Gasteiger partial charge in [-0.15, -0.1) is 11.3 Å². The second-order valence-corrected chi connectivity index (χ2v) is 10.5. The molecule has 0 bridgehead atoms. The van der Waals surface area contributed by atoms with E-state index in [1.807, 2.05) is 40.6 Å². The van der Waals surface area contributed by atoms with Gasteiger partial charge in [-0.05, 0) is 55.3 Å². The van der Waals surface area contributed by atoms with Crippen LogP contribution in [0.4, 0.5) is 0 Å². The number of amides is 2. The minimum Gasteiger partial charge on any atom is -0.354 e. The molecule has 0 saturated carbocycles. The predicted molar refractivity (Wildman–Crippen MR) is 130 cm³/mol. The summed E-state index contributed by atoms with van der Waals surface area (Å²) in [5, 5.41) is 5.26. The third kappa shape index (κ3) is 4.76. The zero-order valence-electron chi connectivity index (χ0n) is 19.4. The van der Waals surface area contributed by atoms with Gasteiger partial charge in [0, 0.05) is 36.1 Å². The van der Waals surface area contributed by atoms with Crippen molar-refractivity contribution in [3.8, 4) is 0 Å². The summed E-state index contributed by atoms with van der Waals surface area (Å²) in [5.74, 6) is -0.0447. The molecule has 3 heterocycles. The SMILES string of the molecule is CC(C)CN1C(=O)c2ccccc2[C@H](C(=O)NCCN2CCCC[C@H]2C)[C@@H]1c1cccs1. The Morgan fingerprint density at radius 2 is 2.00 bits per heavy atom. The number of carbonyl (C=O) groups excluding carboxylic acids is 2. The molecule has 2 aliphatic heterocycles. The van der Waals surface area contributed by atoms with Crippen molar-refractivity contribution in [1.29, 1.82) is 0 Å². The maximum absolute atomic E-state index is 13.7. The number of carbonyl (C=O) groups is 2. The molecule has 2 aromatic rings. The van der Waals surface area contributed by atoms with E-state index in [9.17, 15) is 9.59 Å². The molecule has 0 aliphatic carbocycles. The van der Waals surface area contributed by atoms with E-state index in [4.69, 9.17) is 0 Å². The van der Waals surface area contributed by atoms with Gasteiger partial charge in [0.15, 0.2) is 0 Å². The standard InChI is InChI=1S/C26H35N3O2S/c1-18(2)17-29-24(22-12-8-16-32-22)23(20-10-4-5-11-21(20)26(29)31)25(30)27-13-15-28-14-7-6-9-19(28)3/h4-5,8,10-12,16,18-19,23-24H,6-7,9,13-15,17H2,1-3H3,(H,27,30)/t19-,23+,24+/m1/s1. The monoisotopic (exact) mass is 453 g/mol. The Labute approximate surface area is 195 Å². The first kappa shape index (κ1) is 23.0. The number of likely N-dealkylation sites (tertiary alicyclic amines) is 1. The van der Waals surface area contributed by atoms with Crippen molar-refractivity contribution in [2.75, 3.05) is 26.2 Å². The van der Waals surface area contributed by atoms with Crippen LogP contribution in [-0.4, -0.2) is 53.8 Å². The molecule has 1 N–H and O–H groups in total. The van der Waals surface area contributed by atoms with Gasteiger partial charge in [0.2, 0.25) is 5.91 Å². The zero-order valence-corrected chi connectivity index (χ0v) is 20.2. The number of hydrogen-bond donors (Lipinski definition) is 1. The maximum Gasteiger partial charge on any atom is 0.254 e. The number of hydrogen-bond acceptors (Lipinski definition) is 4. The van der Waals surface area contributed by atoms with E-state index in [0.29, 0.717) is 30.6 Å². The van der Waals surface area contributed by atoms with Crippen molar-refractivity contribution >= 4 is 23.2 Å². The van der Waals surface area contributed by atoms with Crippen molar-refractivity contribution < 1.29 is 9.59 Å². The zero-order chi connectivity index (χ0) is 22.7. The second kappa shape index (κ2) is 10.2. The first-order valence-electron chi connectivity index (χ1n) is 11.9. The van der Waals surface area contributed by atoms with Crippen LogP contribution in [0, 0.1) is 5.92 Å². The van der Waals surface area contributed by atoms with E-state index < -0.39 is 5.92 Å². The molecule has 4 rings (SSSR count). The lowest BCUT2D eigenvalue weighted by Gasteiger charge is -2.42. The molecule has 2 amide bonds. The van der Waals surface area contributed by atoms with Crippen molar-refractivity contribution in [1.82, 2.24) is 15.1 Å². The lowest BCUT2D eigenvalue weighted by Crippen LogP contribution is -2.49. The van der Waals surface area contributed by atoms with Crippen molar-refractivity contribution in [3.05, 3.63) is 57.8 Å². The van der Waals surface area contributed by atoms with E-state index in [2.05, 4.69) is 37.1 Å². The lowest BCUT2D eigenvalue weighted by atomic mass is 9.81. The summed E-state index contributed by atoms with van der Waals surface area (Å²) in [4.78, 5) is 32.6. The highest BCUT2D eigenvalue weighted by Gasteiger charge is 2.44. The van der Waals surface area contributed by atoms with Gasteiger partial charge in [-0.25, -0.2) is 0 Å².